The molecule has 0 aromatic heterocycles. The van der Waals surface area contributed by atoms with E-state index in [1.807, 2.05) is 19.9 Å². The molecule has 3 aromatic carbocycles. The van der Waals surface area contributed by atoms with Crippen molar-refractivity contribution in [2.75, 3.05) is 0 Å². The molecule has 1 aliphatic carbocycles. The van der Waals surface area contributed by atoms with Crippen molar-refractivity contribution in [3.05, 3.63) is 101 Å². The second-order valence-electron chi connectivity index (χ2n) is 9.77. The summed E-state index contributed by atoms with van der Waals surface area (Å²) in [5, 5.41) is 12.9. The van der Waals surface area contributed by atoms with Crippen molar-refractivity contribution in [1.82, 2.24) is 0 Å². The molecule has 2 aliphatic rings. The van der Waals surface area contributed by atoms with Crippen molar-refractivity contribution in [2.45, 2.75) is 50.7 Å². The molecule has 0 bridgehead atoms. The maximum absolute atomic E-state index is 10.5. The molecular weight excluding hydrogens is 395 g/mol. The highest BCUT2D eigenvalue weighted by Gasteiger charge is 2.40. The zero-order valence-electron chi connectivity index (χ0n) is 19.0. The van der Waals surface area contributed by atoms with Gasteiger partial charge in [0.2, 0.25) is 0 Å². The Hall–Kier alpha value is -2.82. The van der Waals surface area contributed by atoms with E-state index in [-0.39, 0.29) is 11.8 Å². The zero-order chi connectivity index (χ0) is 22.5. The molecule has 5 rings (SSSR count). The average molecular weight is 423 g/mol. The second kappa shape index (κ2) is 7.65. The molecule has 161 valence electrons. The molecule has 1 aliphatic heterocycles. The Morgan fingerprint density at radius 3 is 2.25 bits per heavy atom. The Kier molecular flexibility index (Phi) is 5.03. The van der Waals surface area contributed by atoms with Crippen LogP contribution in [0.3, 0.4) is 0 Å². The van der Waals surface area contributed by atoms with Crippen LogP contribution >= 0.6 is 0 Å². The summed E-state index contributed by atoms with van der Waals surface area (Å²) in [6.45, 7) is 7.31. The van der Waals surface area contributed by atoms with E-state index in [0.29, 0.717) is 0 Å². The number of fused-ring (bicyclic) bond motifs is 4. The molecule has 1 radical (unpaired) electrons. The fourth-order valence-electron chi connectivity index (χ4n) is 4.31. The molecule has 0 spiro atoms. The van der Waals surface area contributed by atoms with Gasteiger partial charge in [-0.1, -0.05) is 66.1 Å². The Balaban J connectivity index is 1.54. The third-order valence-electron chi connectivity index (χ3n) is 6.94. The predicted molar refractivity (Wildman–Crippen MR) is 130 cm³/mol. The Morgan fingerprint density at radius 2 is 1.56 bits per heavy atom. The smallest absolute Gasteiger partial charge is 0.330 e. The highest BCUT2D eigenvalue weighted by molar-refractivity contribution is 6.39. The second-order valence-corrected chi connectivity index (χ2v) is 9.77. The highest BCUT2D eigenvalue weighted by atomic mass is 16.5. The first-order valence-corrected chi connectivity index (χ1v) is 11.2. The van der Waals surface area contributed by atoms with Crippen LogP contribution in [0.15, 0.2) is 90.1 Å². The lowest BCUT2D eigenvalue weighted by Gasteiger charge is -2.38. The number of benzene rings is 3. The van der Waals surface area contributed by atoms with Crippen LogP contribution in [0, 0.1) is 0 Å². The minimum atomic E-state index is -0.979. The quantitative estimate of drug-likeness (QED) is 0.507. The van der Waals surface area contributed by atoms with Crippen LogP contribution in [-0.4, -0.2) is 23.8 Å². The lowest BCUT2D eigenvalue weighted by atomic mass is 9.71. The highest BCUT2D eigenvalue weighted by Crippen LogP contribution is 2.52. The van der Waals surface area contributed by atoms with E-state index in [9.17, 15) is 5.11 Å². The molecule has 0 amide bonds. The van der Waals surface area contributed by atoms with E-state index in [0.717, 1.165) is 17.0 Å². The number of allylic oxidation sites excluding steroid dienone is 4. The standard InChI is InChI=1S/C28H28BO3/c1-27(2,30)28(3,4)32-29-21-16-22(18-10-6-5-7-11-18)26-23-14-19-12-8-9-13-20(19)15-24(23)31-25(26)17-21/h5-17,22,26,30H,1-4H3. The molecule has 0 fully saturated rings. The maximum atomic E-state index is 10.5. The third-order valence-corrected chi connectivity index (χ3v) is 6.94. The van der Waals surface area contributed by atoms with Gasteiger partial charge >= 0.3 is 7.48 Å². The molecule has 4 heteroatoms. The normalized spacial score (nSPS) is 20.2. The monoisotopic (exact) mass is 423 g/mol. The summed E-state index contributed by atoms with van der Waals surface area (Å²) >= 11 is 0. The lowest BCUT2D eigenvalue weighted by molar-refractivity contribution is -0.0896. The van der Waals surface area contributed by atoms with Gasteiger partial charge in [-0.2, -0.15) is 0 Å². The summed E-state index contributed by atoms with van der Waals surface area (Å²) < 4.78 is 12.5. The van der Waals surface area contributed by atoms with Gasteiger partial charge in [0, 0.05) is 11.5 Å². The SMILES string of the molecule is CC(C)(O)C(C)(C)O[B]C1=CC(c2ccccc2)C2C(=C1)Oc1cc3ccccc3cc12. The Bertz CT molecular complexity index is 1220. The first-order chi connectivity index (χ1) is 15.2. The Morgan fingerprint density at radius 1 is 0.906 bits per heavy atom. The van der Waals surface area contributed by atoms with Gasteiger partial charge in [-0.3, -0.25) is 0 Å². The van der Waals surface area contributed by atoms with Crippen molar-refractivity contribution < 1.29 is 14.5 Å². The molecule has 1 heterocycles. The molecule has 2 unspecified atom stereocenters. The van der Waals surface area contributed by atoms with Crippen molar-refractivity contribution in [3.63, 3.8) is 0 Å². The first kappa shape index (κ1) is 21.1. The first-order valence-electron chi connectivity index (χ1n) is 11.2. The number of ether oxygens (including phenoxy) is 1. The predicted octanol–water partition coefficient (Wildman–Crippen LogP) is 6.07. The summed E-state index contributed by atoms with van der Waals surface area (Å²) in [6, 6.07) is 23.3. The summed E-state index contributed by atoms with van der Waals surface area (Å²) in [5.74, 6) is 2.10. The van der Waals surface area contributed by atoms with Crippen LogP contribution in [0.2, 0.25) is 0 Å². The van der Waals surface area contributed by atoms with Crippen molar-refractivity contribution >= 4 is 18.3 Å². The van der Waals surface area contributed by atoms with E-state index in [1.54, 1.807) is 21.3 Å². The largest absolute Gasteiger partial charge is 0.461 e. The van der Waals surface area contributed by atoms with Crippen LogP contribution in [0.25, 0.3) is 10.8 Å². The average Bonchev–Trinajstić information content (AvgIpc) is 3.12. The van der Waals surface area contributed by atoms with Crippen LogP contribution in [0.1, 0.15) is 50.7 Å². The minimum absolute atomic E-state index is 0.122. The van der Waals surface area contributed by atoms with E-state index in [2.05, 4.69) is 72.8 Å². The Labute approximate surface area is 190 Å². The zero-order valence-corrected chi connectivity index (χ0v) is 19.0. The summed E-state index contributed by atoms with van der Waals surface area (Å²) in [5.41, 5.74) is 1.69. The number of hydrogen-bond acceptors (Lipinski definition) is 3. The maximum Gasteiger partial charge on any atom is 0.330 e. The molecule has 1 N–H and O–H groups in total. The van der Waals surface area contributed by atoms with Gasteiger partial charge in [-0.25, -0.2) is 0 Å². The molecule has 0 saturated heterocycles. The van der Waals surface area contributed by atoms with Crippen molar-refractivity contribution in [2.24, 2.45) is 0 Å². The lowest BCUT2D eigenvalue weighted by Crippen LogP contribution is -2.48. The fourth-order valence-corrected chi connectivity index (χ4v) is 4.31. The van der Waals surface area contributed by atoms with Crippen molar-refractivity contribution in [3.8, 4) is 5.75 Å². The van der Waals surface area contributed by atoms with Gasteiger partial charge in [0.05, 0.1) is 17.1 Å². The van der Waals surface area contributed by atoms with Crippen LogP contribution < -0.4 is 4.74 Å². The third kappa shape index (κ3) is 3.68. The van der Waals surface area contributed by atoms with Gasteiger partial charge in [-0.05, 0) is 62.2 Å². The van der Waals surface area contributed by atoms with Gasteiger partial charge in [0.1, 0.15) is 11.5 Å². The van der Waals surface area contributed by atoms with Crippen LogP contribution in [0.5, 0.6) is 5.75 Å². The van der Waals surface area contributed by atoms with Gasteiger partial charge < -0.3 is 14.5 Å². The van der Waals surface area contributed by atoms with Crippen LogP contribution in [-0.2, 0) is 4.65 Å². The van der Waals surface area contributed by atoms with E-state index in [1.165, 1.54) is 21.9 Å². The molecule has 32 heavy (non-hydrogen) atoms. The van der Waals surface area contributed by atoms with Crippen LogP contribution in [0.4, 0.5) is 0 Å². The van der Waals surface area contributed by atoms with Gasteiger partial charge in [0.15, 0.2) is 0 Å². The summed E-state index contributed by atoms with van der Waals surface area (Å²) in [7, 11) is 1.75. The topological polar surface area (TPSA) is 38.7 Å². The minimum Gasteiger partial charge on any atom is -0.461 e. The molecule has 3 nitrogen and oxygen atoms in total. The number of hydrogen-bond donors (Lipinski definition) is 1. The molecule has 2 atom stereocenters. The number of aliphatic hydroxyl groups is 1. The molecular formula is C28H28BO3. The fraction of sp³-hybridized carbons (Fsp3) is 0.286. The van der Waals surface area contributed by atoms with E-state index < -0.39 is 11.2 Å². The van der Waals surface area contributed by atoms with E-state index in [4.69, 9.17) is 9.39 Å². The molecule has 3 aromatic rings. The van der Waals surface area contributed by atoms with Gasteiger partial charge in [0.25, 0.3) is 0 Å². The molecule has 0 saturated carbocycles. The van der Waals surface area contributed by atoms with Crippen molar-refractivity contribution in [1.29, 1.82) is 0 Å². The van der Waals surface area contributed by atoms with Gasteiger partial charge in [-0.15, -0.1) is 0 Å². The summed E-state index contributed by atoms with van der Waals surface area (Å²) in [6.07, 6.45) is 4.31. The van der Waals surface area contributed by atoms with E-state index >= 15 is 0 Å². The summed E-state index contributed by atoms with van der Waals surface area (Å²) in [4.78, 5) is 0. The number of rotatable bonds is 5.